The minimum absolute atomic E-state index is 0. The molecule has 0 unspecified atom stereocenters. The first kappa shape index (κ1) is 40.6. The van der Waals surface area contributed by atoms with Crippen LogP contribution in [0.25, 0.3) is 0 Å². The van der Waals surface area contributed by atoms with E-state index < -0.39 is 0 Å². The zero-order chi connectivity index (χ0) is 34.2. The SMILES string of the molecule is C1CCC(P(C2CCCCC2)C2CCCCC2)CC1.CC(C)c1cccc(C(C)C)c1N1[C]N(c2c(C(C)C)cccc2C(C)C)C=C1.[Pd]. The van der Waals surface area contributed by atoms with Gasteiger partial charge in [-0.1, -0.05) is 157 Å². The van der Waals surface area contributed by atoms with E-state index in [4.69, 9.17) is 0 Å². The van der Waals surface area contributed by atoms with Crippen molar-refractivity contribution in [2.45, 2.75) is 192 Å². The van der Waals surface area contributed by atoms with E-state index in [1.165, 1.54) is 69.9 Å². The number of anilines is 2. The Morgan fingerprint density at radius 3 is 0.980 bits per heavy atom. The third-order valence-corrected chi connectivity index (χ3v) is 15.8. The third kappa shape index (κ3) is 10.3. The van der Waals surface area contributed by atoms with Crippen LogP contribution >= 0.6 is 7.92 Å². The molecule has 49 heavy (non-hydrogen) atoms. The van der Waals surface area contributed by atoms with Crippen molar-refractivity contribution in [3.63, 3.8) is 0 Å². The number of hydrogen-bond acceptors (Lipinski definition) is 2. The minimum atomic E-state index is 0. The second kappa shape index (κ2) is 19.6. The second-order valence-corrected chi connectivity index (χ2v) is 19.7. The van der Waals surface area contributed by atoms with E-state index in [1.807, 2.05) is 0 Å². The van der Waals surface area contributed by atoms with Gasteiger partial charge in [0.15, 0.2) is 0 Å². The first-order valence-electron chi connectivity index (χ1n) is 20.2. The number of para-hydroxylation sites is 2. The Morgan fingerprint density at radius 1 is 0.469 bits per heavy atom. The zero-order valence-electron chi connectivity index (χ0n) is 32.4. The molecule has 4 aliphatic rings. The van der Waals surface area contributed by atoms with Crippen LogP contribution in [0.5, 0.6) is 0 Å². The van der Waals surface area contributed by atoms with Gasteiger partial charge in [-0.25, -0.2) is 0 Å². The molecule has 4 heteroatoms. The summed E-state index contributed by atoms with van der Waals surface area (Å²) in [6, 6.07) is 13.4. The Hall–Kier alpha value is -1.13. The van der Waals surface area contributed by atoms with E-state index in [2.05, 4.69) is 121 Å². The molecule has 0 aromatic heterocycles. The van der Waals surface area contributed by atoms with Crippen LogP contribution in [0, 0.1) is 6.67 Å². The smallest absolute Gasteiger partial charge is 0.217 e. The molecule has 0 bridgehead atoms. The fourth-order valence-corrected chi connectivity index (χ4v) is 13.9. The van der Waals surface area contributed by atoms with E-state index in [9.17, 15) is 0 Å². The Morgan fingerprint density at radius 2 is 0.735 bits per heavy atom. The van der Waals surface area contributed by atoms with Crippen molar-refractivity contribution < 1.29 is 20.4 Å². The summed E-state index contributed by atoms with van der Waals surface area (Å²) in [5.74, 6) is 1.84. The maximum absolute atomic E-state index is 3.66. The van der Waals surface area contributed by atoms with Crippen LogP contribution in [0.3, 0.4) is 0 Å². The predicted molar refractivity (Wildman–Crippen MR) is 214 cm³/mol. The molecule has 2 radical (unpaired) electrons. The van der Waals surface area contributed by atoms with Crippen LogP contribution in [0.4, 0.5) is 11.4 Å². The Balaban J connectivity index is 0.000000234. The second-order valence-electron chi connectivity index (χ2n) is 16.6. The predicted octanol–water partition coefficient (Wildman–Crippen LogP) is 14.4. The van der Waals surface area contributed by atoms with Crippen LogP contribution in [-0.2, 0) is 20.4 Å². The largest absolute Gasteiger partial charge is 0.315 e. The molecule has 0 amide bonds. The van der Waals surface area contributed by atoms with E-state index in [0.29, 0.717) is 31.6 Å². The molecule has 1 heterocycles. The third-order valence-electron chi connectivity index (χ3n) is 11.7. The molecule has 2 aromatic rings. The van der Waals surface area contributed by atoms with Crippen LogP contribution in [0.15, 0.2) is 48.8 Å². The minimum Gasteiger partial charge on any atom is -0.315 e. The van der Waals surface area contributed by atoms with Crippen LogP contribution in [-0.4, -0.2) is 17.0 Å². The summed E-state index contributed by atoms with van der Waals surface area (Å²) < 4.78 is 0. The van der Waals surface area contributed by atoms with Crippen LogP contribution in [0.2, 0.25) is 0 Å². The van der Waals surface area contributed by atoms with Gasteiger partial charge in [0.1, 0.15) is 0 Å². The topological polar surface area (TPSA) is 6.48 Å². The molecule has 2 aromatic carbocycles. The molecule has 3 fully saturated rings. The molecule has 3 aliphatic carbocycles. The average molecular weight is 775 g/mol. The molecule has 0 spiro atoms. The van der Waals surface area contributed by atoms with Crippen molar-refractivity contribution in [3.05, 3.63) is 77.7 Å². The fraction of sp³-hybridized carbons (Fsp3) is 0.667. The Labute approximate surface area is 318 Å². The van der Waals surface area contributed by atoms with E-state index in [1.54, 1.807) is 77.0 Å². The summed E-state index contributed by atoms with van der Waals surface area (Å²) in [5, 5.41) is 0. The molecule has 0 saturated heterocycles. The zero-order valence-corrected chi connectivity index (χ0v) is 34.9. The maximum atomic E-state index is 3.66. The standard InChI is InChI=1S/C27H36N2.C18H33P.Pd/c1-18(2)22-11-9-12-23(19(3)4)26(22)28-15-16-29(17-28)27-24(20(5)6)13-10-14-25(27)21(7)8;1-4-10-16(11-5-1)19(17-12-6-2-7-13-17)18-14-8-3-9-15-18;/h9-16,18-21H,1-8H3;16-18H,1-15H2;. The molecular weight excluding hydrogens is 706 g/mol. The quantitative estimate of drug-likeness (QED) is 0.185. The van der Waals surface area contributed by atoms with E-state index >= 15 is 0 Å². The first-order chi connectivity index (χ1) is 23.2. The summed E-state index contributed by atoms with van der Waals surface area (Å²) in [6.07, 6.45) is 27.9. The van der Waals surface area contributed by atoms with Gasteiger partial charge in [0.2, 0.25) is 6.67 Å². The molecular formula is C45H69N2PPd. The fourth-order valence-electron chi connectivity index (χ4n) is 9.18. The van der Waals surface area contributed by atoms with Gasteiger partial charge in [-0.2, -0.15) is 0 Å². The van der Waals surface area contributed by atoms with Crippen molar-refractivity contribution in [2.24, 2.45) is 0 Å². The molecule has 2 nitrogen and oxygen atoms in total. The number of rotatable bonds is 9. The van der Waals surface area contributed by atoms with E-state index in [0.717, 1.165) is 0 Å². The van der Waals surface area contributed by atoms with Crippen molar-refractivity contribution in [3.8, 4) is 0 Å². The summed E-state index contributed by atoms with van der Waals surface area (Å²) in [4.78, 5) is 4.40. The number of hydrogen-bond donors (Lipinski definition) is 0. The molecule has 6 rings (SSSR count). The van der Waals surface area contributed by atoms with Gasteiger partial charge >= 0.3 is 0 Å². The van der Waals surface area contributed by atoms with Gasteiger partial charge in [0.05, 0.1) is 11.4 Å². The van der Waals surface area contributed by atoms with Crippen molar-refractivity contribution in [1.29, 1.82) is 0 Å². The summed E-state index contributed by atoms with van der Waals surface area (Å²) >= 11 is 0. The summed E-state index contributed by atoms with van der Waals surface area (Å²) in [6.45, 7) is 21.8. The Bertz CT molecular complexity index is 1130. The normalized spacial score (nSPS) is 19.7. The molecule has 0 N–H and O–H groups in total. The van der Waals surface area contributed by atoms with E-state index in [-0.39, 0.29) is 20.4 Å². The van der Waals surface area contributed by atoms with Gasteiger partial charge in [0.25, 0.3) is 0 Å². The van der Waals surface area contributed by atoms with Gasteiger partial charge < -0.3 is 9.80 Å². The summed E-state index contributed by atoms with van der Waals surface area (Å²) in [7, 11) is 0.385. The molecule has 3 saturated carbocycles. The number of nitrogens with zero attached hydrogens (tertiary/aromatic N) is 2. The van der Waals surface area contributed by atoms with Crippen molar-refractivity contribution in [2.75, 3.05) is 9.80 Å². The molecule has 0 atom stereocenters. The Kier molecular flexibility index (Phi) is 16.3. The molecule has 274 valence electrons. The maximum Gasteiger partial charge on any atom is 0.217 e. The van der Waals surface area contributed by atoms with Crippen LogP contribution < -0.4 is 9.80 Å². The van der Waals surface area contributed by atoms with Gasteiger partial charge in [-0.3, -0.25) is 0 Å². The van der Waals surface area contributed by atoms with Crippen molar-refractivity contribution >= 4 is 19.3 Å². The molecule has 1 aliphatic heterocycles. The first-order valence-corrected chi connectivity index (χ1v) is 21.8. The van der Waals surface area contributed by atoms with Crippen LogP contribution in [0.1, 0.15) is 198 Å². The van der Waals surface area contributed by atoms with Gasteiger partial charge in [-0.15, -0.1) is 0 Å². The van der Waals surface area contributed by atoms with Gasteiger partial charge in [0, 0.05) is 32.8 Å². The van der Waals surface area contributed by atoms with Gasteiger partial charge in [-0.05, 0) is 101 Å². The van der Waals surface area contributed by atoms with Crippen molar-refractivity contribution in [1.82, 2.24) is 0 Å². The monoisotopic (exact) mass is 774 g/mol. The number of benzene rings is 2. The average Bonchev–Trinajstić information content (AvgIpc) is 3.59. The summed E-state index contributed by atoms with van der Waals surface area (Å²) in [5.41, 5.74) is 11.6.